The summed E-state index contributed by atoms with van der Waals surface area (Å²) < 4.78 is 9.74. The molecule has 0 saturated carbocycles. The van der Waals surface area contributed by atoms with Crippen LogP contribution in [0.3, 0.4) is 0 Å². The van der Waals surface area contributed by atoms with Crippen molar-refractivity contribution in [2.24, 2.45) is 0 Å². The van der Waals surface area contributed by atoms with E-state index in [4.69, 9.17) is 9.47 Å². The van der Waals surface area contributed by atoms with Crippen LogP contribution in [-0.4, -0.2) is 26.2 Å². The molecule has 3 rings (SSSR count). The molecular weight excluding hydrogens is 376 g/mol. The van der Waals surface area contributed by atoms with Crippen molar-refractivity contribution in [3.63, 3.8) is 0 Å². The molecule has 0 atom stereocenters. The third-order valence-corrected chi connectivity index (χ3v) is 5.23. The van der Waals surface area contributed by atoms with Crippen molar-refractivity contribution in [3.8, 4) is 0 Å². The molecule has 3 aromatic rings. The van der Waals surface area contributed by atoms with Crippen LogP contribution in [0.4, 0.5) is 0 Å². The Balaban J connectivity index is 1.60. The van der Waals surface area contributed by atoms with Crippen molar-refractivity contribution in [1.29, 1.82) is 0 Å². The topological polar surface area (TPSA) is 52.6 Å². The molecule has 0 unspecified atom stereocenters. The predicted octanol–water partition coefficient (Wildman–Crippen LogP) is 4.83. The summed E-state index contributed by atoms with van der Waals surface area (Å²) in [5, 5.41) is 0. The van der Waals surface area contributed by atoms with Gasteiger partial charge in [-0.3, -0.25) is 0 Å². The third-order valence-electron chi connectivity index (χ3n) is 5.23. The minimum absolute atomic E-state index is 0.298. The molecular formula is C26H26O4. The first-order valence-electron chi connectivity index (χ1n) is 10.0. The summed E-state index contributed by atoms with van der Waals surface area (Å²) >= 11 is 0. The van der Waals surface area contributed by atoms with Gasteiger partial charge in [0.1, 0.15) is 0 Å². The van der Waals surface area contributed by atoms with Crippen molar-refractivity contribution in [2.45, 2.75) is 25.7 Å². The zero-order valence-corrected chi connectivity index (χ0v) is 17.4. The van der Waals surface area contributed by atoms with Gasteiger partial charge in [0.15, 0.2) is 0 Å². The Kier molecular flexibility index (Phi) is 7.39. The van der Waals surface area contributed by atoms with E-state index in [-0.39, 0.29) is 11.9 Å². The molecule has 3 aromatic carbocycles. The van der Waals surface area contributed by atoms with E-state index in [1.807, 2.05) is 36.4 Å². The van der Waals surface area contributed by atoms with E-state index in [0.717, 1.165) is 36.8 Å². The molecule has 0 spiro atoms. The van der Waals surface area contributed by atoms with Crippen molar-refractivity contribution in [2.75, 3.05) is 14.2 Å². The van der Waals surface area contributed by atoms with Gasteiger partial charge in [-0.1, -0.05) is 60.7 Å². The van der Waals surface area contributed by atoms with E-state index in [2.05, 4.69) is 24.3 Å². The van der Waals surface area contributed by atoms with Gasteiger partial charge in [-0.15, -0.1) is 0 Å². The fraction of sp³-hybridized carbons (Fsp3) is 0.231. The first-order chi connectivity index (χ1) is 14.6. The monoisotopic (exact) mass is 402 g/mol. The van der Waals surface area contributed by atoms with Gasteiger partial charge in [0.25, 0.3) is 0 Å². The van der Waals surface area contributed by atoms with Crippen LogP contribution >= 0.6 is 0 Å². The van der Waals surface area contributed by atoms with Crippen LogP contribution in [0, 0.1) is 0 Å². The molecule has 0 heterocycles. The normalized spacial score (nSPS) is 10.5. The van der Waals surface area contributed by atoms with Crippen LogP contribution in [0.1, 0.15) is 43.0 Å². The summed E-state index contributed by atoms with van der Waals surface area (Å²) in [5.41, 5.74) is 5.67. The van der Waals surface area contributed by atoms with E-state index in [9.17, 15) is 9.59 Å². The molecule has 0 saturated heterocycles. The second-order valence-corrected chi connectivity index (χ2v) is 7.11. The number of esters is 2. The molecule has 0 aliphatic heterocycles. The molecule has 0 radical (unpaired) electrons. The second-order valence-electron chi connectivity index (χ2n) is 7.11. The molecule has 4 heteroatoms. The summed E-state index contributed by atoms with van der Waals surface area (Å²) in [7, 11) is 2.81. The number of hydrogen-bond donors (Lipinski definition) is 0. The Morgan fingerprint density at radius 3 is 1.30 bits per heavy atom. The molecule has 0 amide bonds. The molecule has 0 aliphatic rings. The molecule has 0 fully saturated rings. The maximum Gasteiger partial charge on any atom is 0.338 e. The van der Waals surface area contributed by atoms with Gasteiger partial charge in [0.05, 0.1) is 25.3 Å². The van der Waals surface area contributed by atoms with Crippen LogP contribution in [0.2, 0.25) is 0 Å². The average molecular weight is 402 g/mol. The molecule has 0 N–H and O–H groups in total. The quantitative estimate of drug-likeness (QED) is 0.507. The fourth-order valence-electron chi connectivity index (χ4n) is 3.53. The number of aryl methyl sites for hydroxylation is 4. The lowest BCUT2D eigenvalue weighted by atomic mass is 9.97. The number of carbonyl (C=O) groups is 2. The third kappa shape index (κ3) is 5.35. The standard InChI is InChI=1S/C26H26O4/c1-29-25(27)23-9-5-3-7-21(23)17-15-19-11-13-20(14-12-19)16-18-22-8-4-6-10-24(22)26(28)30-2/h3-14H,15-18H2,1-2H3. The lowest BCUT2D eigenvalue weighted by Gasteiger charge is -2.09. The lowest BCUT2D eigenvalue weighted by molar-refractivity contribution is 0.0590. The minimum atomic E-state index is -0.298. The summed E-state index contributed by atoms with van der Waals surface area (Å²) in [5.74, 6) is -0.596. The highest BCUT2D eigenvalue weighted by Crippen LogP contribution is 2.17. The predicted molar refractivity (Wildman–Crippen MR) is 117 cm³/mol. The maximum atomic E-state index is 11.9. The fourth-order valence-corrected chi connectivity index (χ4v) is 3.53. The average Bonchev–Trinajstić information content (AvgIpc) is 2.81. The first-order valence-corrected chi connectivity index (χ1v) is 10.0. The highest BCUT2D eigenvalue weighted by atomic mass is 16.5. The molecule has 4 nitrogen and oxygen atoms in total. The number of ether oxygens (including phenoxy) is 2. The number of carbonyl (C=O) groups excluding carboxylic acids is 2. The van der Waals surface area contributed by atoms with E-state index < -0.39 is 0 Å². The van der Waals surface area contributed by atoms with E-state index in [0.29, 0.717) is 11.1 Å². The molecule has 0 aliphatic carbocycles. The van der Waals surface area contributed by atoms with Gasteiger partial charge in [0.2, 0.25) is 0 Å². The summed E-state index contributed by atoms with van der Waals surface area (Å²) in [6.07, 6.45) is 3.24. The largest absolute Gasteiger partial charge is 0.465 e. The Bertz CT molecular complexity index is 923. The number of rotatable bonds is 8. The summed E-state index contributed by atoms with van der Waals surface area (Å²) in [6.45, 7) is 0. The van der Waals surface area contributed by atoms with Crippen LogP contribution in [0.25, 0.3) is 0 Å². The van der Waals surface area contributed by atoms with Crippen molar-refractivity contribution >= 4 is 11.9 Å². The highest BCUT2D eigenvalue weighted by Gasteiger charge is 2.12. The Labute approximate surface area is 177 Å². The number of benzene rings is 3. The van der Waals surface area contributed by atoms with Gasteiger partial charge in [-0.05, 0) is 60.1 Å². The molecule has 154 valence electrons. The van der Waals surface area contributed by atoms with Crippen molar-refractivity contribution in [1.82, 2.24) is 0 Å². The van der Waals surface area contributed by atoms with Crippen LogP contribution < -0.4 is 0 Å². The Morgan fingerprint density at radius 1 is 0.567 bits per heavy atom. The van der Waals surface area contributed by atoms with Crippen LogP contribution in [-0.2, 0) is 35.2 Å². The molecule has 0 aromatic heterocycles. The van der Waals surface area contributed by atoms with Gasteiger partial charge < -0.3 is 9.47 Å². The second kappa shape index (κ2) is 10.4. The van der Waals surface area contributed by atoms with Gasteiger partial charge in [-0.2, -0.15) is 0 Å². The van der Waals surface area contributed by atoms with Gasteiger partial charge in [-0.25, -0.2) is 9.59 Å². The van der Waals surface area contributed by atoms with Gasteiger partial charge >= 0.3 is 11.9 Å². The van der Waals surface area contributed by atoms with Crippen molar-refractivity contribution < 1.29 is 19.1 Å². The molecule has 0 bridgehead atoms. The van der Waals surface area contributed by atoms with E-state index in [1.54, 1.807) is 12.1 Å². The SMILES string of the molecule is COC(=O)c1ccccc1CCc1ccc(CCc2ccccc2C(=O)OC)cc1. The zero-order valence-electron chi connectivity index (χ0n) is 17.4. The van der Waals surface area contributed by atoms with Crippen LogP contribution in [0.15, 0.2) is 72.8 Å². The number of methoxy groups -OCH3 is 2. The zero-order chi connectivity index (χ0) is 21.3. The summed E-state index contributed by atoms with van der Waals surface area (Å²) in [4.78, 5) is 23.8. The minimum Gasteiger partial charge on any atom is -0.465 e. The first kappa shape index (κ1) is 21.3. The van der Waals surface area contributed by atoms with E-state index in [1.165, 1.54) is 25.3 Å². The highest BCUT2D eigenvalue weighted by molar-refractivity contribution is 5.91. The van der Waals surface area contributed by atoms with Crippen LogP contribution in [0.5, 0.6) is 0 Å². The Morgan fingerprint density at radius 2 is 0.933 bits per heavy atom. The maximum absolute atomic E-state index is 11.9. The van der Waals surface area contributed by atoms with Crippen molar-refractivity contribution in [3.05, 3.63) is 106 Å². The lowest BCUT2D eigenvalue weighted by Crippen LogP contribution is -2.06. The summed E-state index contributed by atoms with van der Waals surface area (Å²) in [6, 6.07) is 23.6. The smallest absolute Gasteiger partial charge is 0.338 e. The number of hydrogen-bond acceptors (Lipinski definition) is 4. The molecule has 30 heavy (non-hydrogen) atoms. The van der Waals surface area contributed by atoms with E-state index >= 15 is 0 Å². The Hall–Kier alpha value is -3.40. The van der Waals surface area contributed by atoms with Gasteiger partial charge in [0, 0.05) is 0 Å².